The van der Waals surface area contributed by atoms with Crippen molar-refractivity contribution in [2.45, 2.75) is 26.3 Å². The summed E-state index contributed by atoms with van der Waals surface area (Å²) >= 11 is 6.00. The van der Waals surface area contributed by atoms with Crippen LogP contribution < -0.4 is 4.90 Å². The van der Waals surface area contributed by atoms with E-state index in [0.717, 1.165) is 12.8 Å². The van der Waals surface area contributed by atoms with Gasteiger partial charge in [0.1, 0.15) is 11.6 Å². The predicted molar refractivity (Wildman–Crippen MR) is 133 cm³/mol. The molecule has 2 heterocycles. The number of amides is 2. The summed E-state index contributed by atoms with van der Waals surface area (Å²) in [6.45, 7) is 3.89. The van der Waals surface area contributed by atoms with Crippen LogP contribution in [0.3, 0.4) is 0 Å². The smallest absolute Gasteiger partial charge is 0.247 e. The molecule has 0 spiro atoms. The summed E-state index contributed by atoms with van der Waals surface area (Å²) in [6.07, 6.45) is 1.91. The summed E-state index contributed by atoms with van der Waals surface area (Å²) < 4.78 is 34.3. The topological polar surface area (TPSA) is 82.8 Å². The average molecular weight is 530 g/mol. The van der Waals surface area contributed by atoms with E-state index in [0.29, 0.717) is 43.3 Å². The Bertz CT molecular complexity index is 1320. The lowest BCUT2D eigenvalue weighted by Crippen LogP contribution is -2.52. The molecule has 1 aromatic heterocycles. The molecule has 0 bridgehead atoms. The average Bonchev–Trinajstić information content (AvgIpc) is 3.65. The fourth-order valence-corrected chi connectivity index (χ4v) is 4.53. The minimum Gasteiger partial charge on any atom is -0.421 e. The Kier molecular flexibility index (Phi) is 7.21. The molecule has 3 aromatic rings. The normalized spacial score (nSPS) is 16.2. The highest BCUT2D eigenvalue weighted by atomic mass is 35.5. The van der Waals surface area contributed by atoms with Crippen molar-refractivity contribution in [3.63, 3.8) is 0 Å². The van der Waals surface area contributed by atoms with Crippen LogP contribution in [-0.2, 0) is 16.1 Å². The van der Waals surface area contributed by atoms with Gasteiger partial charge < -0.3 is 14.2 Å². The zero-order valence-electron chi connectivity index (χ0n) is 20.3. The fraction of sp³-hybridized carbons (Fsp3) is 0.385. The first-order valence-corrected chi connectivity index (χ1v) is 12.5. The van der Waals surface area contributed by atoms with E-state index in [9.17, 15) is 14.0 Å². The maximum Gasteiger partial charge on any atom is 0.247 e. The SMILES string of the molecule is Cc1nnc(-c2ccc(CN(C(=O)CN3CCN(C(=O)C4CC4)CC3)c3ccc(F)c(Cl)c3)c(F)c2)o1. The Morgan fingerprint density at radius 2 is 1.81 bits per heavy atom. The van der Waals surface area contributed by atoms with Gasteiger partial charge in [0.2, 0.25) is 23.6 Å². The third kappa shape index (κ3) is 5.80. The zero-order chi connectivity index (χ0) is 26.1. The van der Waals surface area contributed by atoms with E-state index in [-0.39, 0.29) is 47.3 Å². The Morgan fingerprint density at radius 1 is 1.05 bits per heavy atom. The highest BCUT2D eigenvalue weighted by Gasteiger charge is 2.35. The number of hydrogen-bond donors (Lipinski definition) is 0. The summed E-state index contributed by atoms with van der Waals surface area (Å²) in [5.41, 5.74) is 1.03. The van der Waals surface area contributed by atoms with Crippen LogP contribution in [0.5, 0.6) is 0 Å². The van der Waals surface area contributed by atoms with Crippen molar-refractivity contribution in [1.82, 2.24) is 20.0 Å². The largest absolute Gasteiger partial charge is 0.421 e. The van der Waals surface area contributed by atoms with Crippen LogP contribution in [0.4, 0.5) is 14.5 Å². The molecule has 0 unspecified atom stereocenters. The number of carbonyl (C=O) groups is 2. The van der Waals surface area contributed by atoms with Gasteiger partial charge in [0.25, 0.3) is 0 Å². The highest BCUT2D eigenvalue weighted by molar-refractivity contribution is 6.31. The third-order valence-electron chi connectivity index (χ3n) is 6.64. The van der Waals surface area contributed by atoms with E-state index in [1.165, 1.54) is 29.2 Å². The number of aromatic nitrogens is 2. The molecule has 1 saturated heterocycles. The minimum atomic E-state index is -0.611. The van der Waals surface area contributed by atoms with Crippen LogP contribution in [0.25, 0.3) is 11.5 Å². The maximum atomic E-state index is 15.1. The van der Waals surface area contributed by atoms with Gasteiger partial charge in [-0.2, -0.15) is 0 Å². The quantitative estimate of drug-likeness (QED) is 0.459. The molecule has 2 fully saturated rings. The van der Waals surface area contributed by atoms with Crippen molar-refractivity contribution in [1.29, 1.82) is 0 Å². The molecule has 2 amide bonds. The van der Waals surface area contributed by atoms with Gasteiger partial charge in [0.15, 0.2) is 0 Å². The second-order valence-corrected chi connectivity index (χ2v) is 9.79. The van der Waals surface area contributed by atoms with Gasteiger partial charge in [-0.15, -0.1) is 10.2 Å². The van der Waals surface area contributed by atoms with Gasteiger partial charge in [-0.1, -0.05) is 17.7 Å². The van der Waals surface area contributed by atoms with Crippen LogP contribution in [0.1, 0.15) is 24.3 Å². The summed E-state index contributed by atoms with van der Waals surface area (Å²) in [5, 5.41) is 7.53. The van der Waals surface area contributed by atoms with Crippen LogP contribution in [-0.4, -0.2) is 64.5 Å². The van der Waals surface area contributed by atoms with E-state index >= 15 is 4.39 Å². The molecular weight excluding hydrogens is 504 g/mol. The lowest BCUT2D eigenvalue weighted by molar-refractivity contribution is -0.134. The third-order valence-corrected chi connectivity index (χ3v) is 6.93. The van der Waals surface area contributed by atoms with Crippen molar-refractivity contribution in [2.24, 2.45) is 5.92 Å². The predicted octanol–water partition coefficient (Wildman–Crippen LogP) is 4.06. The van der Waals surface area contributed by atoms with Gasteiger partial charge in [0.05, 0.1) is 18.1 Å². The standard InChI is InChI=1S/C26H26ClF2N5O3/c1-16-30-31-25(37-16)18-4-5-19(23(29)12-18)14-34(20-6-7-22(28)21(27)13-20)24(35)15-32-8-10-33(11-9-32)26(36)17-2-3-17/h4-7,12-13,17H,2-3,8-11,14-15H2,1H3. The Morgan fingerprint density at radius 3 is 2.43 bits per heavy atom. The monoisotopic (exact) mass is 529 g/mol. The molecule has 1 aliphatic heterocycles. The van der Waals surface area contributed by atoms with E-state index in [4.69, 9.17) is 16.0 Å². The number of hydrogen-bond acceptors (Lipinski definition) is 6. The molecule has 194 valence electrons. The number of carbonyl (C=O) groups excluding carboxylic acids is 2. The number of benzene rings is 2. The molecule has 11 heteroatoms. The van der Waals surface area contributed by atoms with Gasteiger partial charge in [-0.25, -0.2) is 8.78 Å². The Hall–Kier alpha value is -3.37. The first kappa shape index (κ1) is 25.3. The number of anilines is 1. The van der Waals surface area contributed by atoms with Crippen LogP contribution in [0, 0.1) is 24.5 Å². The van der Waals surface area contributed by atoms with E-state index in [1.54, 1.807) is 19.1 Å². The first-order valence-electron chi connectivity index (χ1n) is 12.1. The second-order valence-electron chi connectivity index (χ2n) is 9.39. The van der Waals surface area contributed by atoms with Crippen molar-refractivity contribution >= 4 is 29.1 Å². The number of rotatable bonds is 7. The Labute approximate surface area is 217 Å². The van der Waals surface area contributed by atoms with E-state index in [1.807, 2.05) is 9.80 Å². The molecule has 2 aromatic carbocycles. The maximum absolute atomic E-state index is 15.1. The fourth-order valence-electron chi connectivity index (χ4n) is 4.36. The summed E-state index contributed by atoms with van der Waals surface area (Å²) in [4.78, 5) is 31.0. The summed E-state index contributed by atoms with van der Waals surface area (Å²) in [5.74, 6) is -0.533. The van der Waals surface area contributed by atoms with Crippen LogP contribution >= 0.6 is 11.6 Å². The first-order chi connectivity index (χ1) is 17.8. The number of halogens is 3. The van der Waals surface area contributed by atoms with E-state index < -0.39 is 11.6 Å². The van der Waals surface area contributed by atoms with Crippen molar-refractivity contribution < 1.29 is 22.8 Å². The lowest BCUT2D eigenvalue weighted by atomic mass is 10.1. The number of piperazine rings is 1. The summed E-state index contributed by atoms with van der Waals surface area (Å²) in [7, 11) is 0. The van der Waals surface area contributed by atoms with Gasteiger partial charge in [0, 0.05) is 55.8 Å². The number of nitrogens with zero attached hydrogens (tertiary/aromatic N) is 5. The highest BCUT2D eigenvalue weighted by Crippen LogP contribution is 2.31. The second kappa shape index (κ2) is 10.5. The molecule has 2 aliphatic rings. The van der Waals surface area contributed by atoms with Crippen molar-refractivity contribution in [2.75, 3.05) is 37.6 Å². The lowest BCUT2D eigenvalue weighted by Gasteiger charge is -2.35. The molecule has 0 N–H and O–H groups in total. The Balaban J connectivity index is 1.32. The number of aryl methyl sites for hydroxylation is 1. The van der Waals surface area contributed by atoms with Gasteiger partial charge >= 0.3 is 0 Å². The molecule has 8 nitrogen and oxygen atoms in total. The molecule has 0 radical (unpaired) electrons. The van der Waals surface area contributed by atoms with Crippen LogP contribution in [0.2, 0.25) is 5.02 Å². The van der Waals surface area contributed by atoms with Crippen molar-refractivity contribution in [3.05, 3.63) is 64.5 Å². The van der Waals surface area contributed by atoms with Crippen LogP contribution in [0.15, 0.2) is 40.8 Å². The molecule has 37 heavy (non-hydrogen) atoms. The minimum absolute atomic E-state index is 0.0709. The van der Waals surface area contributed by atoms with E-state index in [2.05, 4.69) is 10.2 Å². The molecule has 1 aliphatic carbocycles. The van der Waals surface area contributed by atoms with Gasteiger partial charge in [-0.3, -0.25) is 14.5 Å². The molecule has 0 atom stereocenters. The van der Waals surface area contributed by atoms with Crippen molar-refractivity contribution in [3.8, 4) is 11.5 Å². The summed E-state index contributed by atoms with van der Waals surface area (Å²) in [6, 6.07) is 8.45. The zero-order valence-corrected chi connectivity index (χ0v) is 21.0. The molecule has 5 rings (SSSR count). The molecular formula is C26H26ClF2N5O3. The van der Waals surface area contributed by atoms with Gasteiger partial charge in [-0.05, 0) is 43.2 Å². The molecule has 1 saturated carbocycles.